The summed E-state index contributed by atoms with van der Waals surface area (Å²) in [7, 11) is 0. The summed E-state index contributed by atoms with van der Waals surface area (Å²) in [4.78, 5) is 10.6. The lowest BCUT2D eigenvalue weighted by atomic mass is 10.0. The third-order valence-electron chi connectivity index (χ3n) is 2.71. The van der Waals surface area contributed by atoms with Crippen LogP contribution in [-0.4, -0.2) is 12.5 Å². The Morgan fingerprint density at radius 1 is 1.44 bits per heavy atom. The van der Waals surface area contributed by atoms with Gasteiger partial charge in [0.05, 0.1) is 0 Å². The number of rotatable bonds is 5. The lowest BCUT2D eigenvalue weighted by molar-refractivity contribution is -0.117. The molecule has 0 saturated carbocycles. The van der Waals surface area contributed by atoms with Gasteiger partial charge in [-0.05, 0) is 31.9 Å². The summed E-state index contributed by atoms with van der Waals surface area (Å²) in [5, 5.41) is 3.29. The summed E-state index contributed by atoms with van der Waals surface area (Å²) in [5.74, 6) is -0.264. The molecule has 0 radical (unpaired) electrons. The highest BCUT2D eigenvalue weighted by atomic mass is 16.1. The summed E-state index contributed by atoms with van der Waals surface area (Å²) in [6, 6.07) is 6.66. The van der Waals surface area contributed by atoms with Crippen LogP contribution in [0.2, 0.25) is 0 Å². The van der Waals surface area contributed by atoms with E-state index in [4.69, 9.17) is 5.73 Å². The van der Waals surface area contributed by atoms with Crippen molar-refractivity contribution in [2.24, 2.45) is 5.73 Å². The Labute approximate surface area is 97.0 Å². The van der Waals surface area contributed by atoms with Gasteiger partial charge >= 0.3 is 0 Å². The van der Waals surface area contributed by atoms with Crippen LogP contribution in [-0.2, 0) is 4.79 Å². The third kappa shape index (κ3) is 3.66. The number of nitrogens with two attached hydrogens (primary N) is 1. The average molecular weight is 220 g/mol. The van der Waals surface area contributed by atoms with Crippen LogP contribution >= 0.6 is 0 Å². The van der Waals surface area contributed by atoms with Crippen molar-refractivity contribution in [2.45, 2.75) is 33.2 Å². The molecule has 1 unspecified atom stereocenters. The monoisotopic (exact) mass is 220 g/mol. The van der Waals surface area contributed by atoms with E-state index in [0.717, 1.165) is 0 Å². The van der Waals surface area contributed by atoms with E-state index in [-0.39, 0.29) is 11.9 Å². The molecule has 16 heavy (non-hydrogen) atoms. The number of primary amides is 1. The fourth-order valence-electron chi connectivity index (χ4n) is 1.83. The molecule has 3 N–H and O–H groups in total. The number of carbonyl (C=O) groups is 1. The Morgan fingerprint density at radius 3 is 2.69 bits per heavy atom. The van der Waals surface area contributed by atoms with Crippen molar-refractivity contribution in [2.75, 3.05) is 6.54 Å². The van der Waals surface area contributed by atoms with Crippen molar-refractivity contribution in [3.63, 3.8) is 0 Å². The van der Waals surface area contributed by atoms with Gasteiger partial charge in [0.25, 0.3) is 0 Å². The second kappa shape index (κ2) is 5.66. The number of hydrogen-bond acceptors (Lipinski definition) is 2. The van der Waals surface area contributed by atoms with Gasteiger partial charge in [0.15, 0.2) is 0 Å². The first-order chi connectivity index (χ1) is 7.50. The standard InChI is InChI=1S/C13H20N2O/c1-9-4-5-12(10(2)8-9)11(3)15-7-6-13(14)16/h4-5,8,11,15H,6-7H2,1-3H3,(H2,14,16). The number of aryl methyl sites for hydroxylation is 2. The van der Waals surface area contributed by atoms with Crippen LogP contribution in [0.5, 0.6) is 0 Å². The van der Waals surface area contributed by atoms with Crippen molar-refractivity contribution in [1.82, 2.24) is 5.32 Å². The first-order valence-corrected chi connectivity index (χ1v) is 5.59. The van der Waals surface area contributed by atoms with Crippen LogP contribution in [0.1, 0.15) is 36.1 Å². The molecule has 88 valence electrons. The minimum atomic E-state index is -0.264. The van der Waals surface area contributed by atoms with E-state index in [1.807, 2.05) is 0 Å². The lowest BCUT2D eigenvalue weighted by Gasteiger charge is -2.16. The summed E-state index contributed by atoms with van der Waals surface area (Å²) < 4.78 is 0. The van der Waals surface area contributed by atoms with Crippen LogP contribution in [0, 0.1) is 13.8 Å². The van der Waals surface area contributed by atoms with E-state index in [0.29, 0.717) is 13.0 Å². The third-order valence-corrected chi connectivity index (χ3v) is 2.71. The van der Waals surface area contributed by atoms with E-state index in [2.05, 4.69) is 44.3 Å². The predicted molar refractivity (Wildman–Crippen MR) is 66.1 cm³/mol. The largest absolute Gasteiger partial charge is 0.370 e. The molecule has 0 aliphatic rings. The van der Waals surface area contributed by atoms with Crippen molar-refractivity contribution in [3.05, 3.63) is 34.9 Å². The van der Waals surface area contributed by atoms with Crippen LogP contribution in [0.15, 0.2) is 18.2 Å². The quantitative estimate of drug-likeness (QED) is 0.795. The maximum Gasteiger partial charge on any atom is 0.218 e. The highest BCUT2D eigenvalue weighted by molar-refractivity contribution is 5.73. The molecule has 3 heteroatoms. The minimum Gasteiger partial charge on any atom is -0.370 e. The van der Waals surface area contributed by atoms with Gasteiger partial charge in [-0.25, -0.2) is 0 Å². The Morgan fingerprint density at radius 2 is 2.12 bits per heavy atom. The number of nitrogens with one attached hydrogen (secondary N) is 1. The van der Waals surface area contributed by atoms with Gasteiger partial charge in [0.2, 0.25) is 5.91 Å². The van der Waals surface area contributed by atoms with Gasteiger partial charge in [0, 0.05) is 19.0 Å². The maximum atomic E-state index is 10.6. The van der Waals surface area contributed by atoms with Gasteiger partial charge < -0.3 is 11.1 Å². The van der Waals surface area contributed by atoms with Crippen LogP contribution in [0.3, 0.4) is 0 Å². The zero-order chi connectivity index (χ0) is 12.1. The molecule has 0 spiro atoms. The highest BCUT2D eigenvalue weighted by Crippen LogP contribution is 2.18. The average Bonchev–Trinajstić information content (AvgIpc) is 2.16. The molecule has 1 aromatic carbocycles. The Kier molecular flexibility index (Phi) is 4.50. The Balaban J connectivity index is 2.58. The molecule has 0 fully saturated rings. The summed E-state index contributed by atoms with van der Waals surface area (Å²) >= 11 is 0. The normalized spacial score (nSPS) is 12.4. The fraction of sp³-hybridized carbons (Fsp3) is 0.462. The van der Waals surface area contributed by atoms with Gasteiger partial charge in [-0.3, -0.25) is 4.79 Å². The van der Waals surface area contributed by atoms with Crippen LogP contribution < -0.4 is 11.1 Å². The molecule has 3 nitrogen and oxygen atoms in total. The van der Waals surface area contributed by atoms with Gasteiger partial charge in [-0.15, -0.1) is 0 Å². The van der Waals surface area contributed by atoms with E-state index in [1.54, 1.807) is 0 Å². The summed E-state index contributed by atoms with van der Waals surface area (Å²) in [5.41, 5.74) is 8.91. The molecule has 1 amide bonds. The molecule has 1 rings (SSSR count). The van der Waals surface area contributed by atoms with Gasteiger partial charge in [-0.1, -0.05) is 23.8 Å². The van der Waals surface area contributed by atoms with E-state index < -0.39 is 0 Å². The summed E-state index contributed by atoms with van der Waals surface area (Å²) in [6.45, 7) is 6.92. The number of carbonyl (C=O) groups excluding carboxylic acids is 1. The van der Waals surface area contributed by atoms with Crippen LogP contribution in [0.25, 0.3) is 0 Å². The molecule has 1 atom stereocenters. The first-order valence-electron chi connectivity index (χ1n) is 5.59. The number of amides is 1. The molecule has 0 saturated heterocycles. The Hall–Kier alpha value is -1.35. The topological polar surface area (TPSA) is 55.1 Å². The zero-order valence-corrected chi connectivity index (χ0v) is 10.2. The molecular formula is C13H20N2O. The van der Waals surface area contributed by atoms with Crippen LogP contribution in [0.4, 0.5) is 0 Å². The highest BCUT2D eigenvalue weighted by Gasteiger charge is 2.07. The second-order valence-corrected chi connectivity index (χ2v) is 4.25. The van der Waals surface area contributed by atoms with E-state index in [1.165, 1.54) is 16.7 Å². The smallest absolute Gasteiger partial charge is 0.218 e. The number of benzene rings is 1. The van der Waals surface area contributed by atoms with Crippen molar-refractivity contribution in [1.29, 1.82) is 0 Å². The molecular weight excluding hydrogens is 200 g/mol. The molecule has 0 aromatic heterocycles. The fourth-order valence-corrected chi connectivity index (χ4v) is 1.83. The molecule has 0 aliphatic carbocycles. The van der Waals surface area contributed by atoms with Crippen molar-refractivity contribution in [3.8, 4) is 0 Å². The molecule has 1 aromatic rings. The van der Waals surface area contributed by atoms with E-state index >= 15 is 0 Å². The lowest BCUT2D eigenvalue weighted by Crippen LogP contribution is -2.25. The predicted octanol–water partition coefficient (Wildman–Crippen LogP) is 1.83. The Bertz CT molecular complexity index is 374. The van der Waals surface area contributed by atoms with E-state index in [9.17, 15) is 4.79 Å². The zero-order valence-electron chi connectivity index (χ0n) is 10.2. The molecule has 0 heterocycles. The molecule has 0 aliphatic heterocycles. The maximum absolute atomic E-state index is 10.6. The minimum absolute atomic E-state index is 0.250. The number of hydrogen-bond donors (Lipinski definition) is 2. The van der Waals surface area contributed by atoms with Gasteiger partial charge in [0.1, 0.15) is 0 Å². The SMILES string of the molecule is Cc1ccc(C(C)NCCC(N)=O)c(C)c1. The second-order valence-electron chi connectivity index (χ2n) is 4.25. The first kappa shape index (κ1) is 12.7. The van der Waals surface area contributed by atoms with Gasteiger partial charge in [-0.2, -0.15) is 0 Å². The van der Waals surface area contributed by atoms with Crippen molar-refractivity contribution >= 4 is 5.91 Å². The van der Waals surface area contributed by atoms with Crippen molar-refractivity contribution < 1.29 is 4.79 Å². The molecule has 0 bridgehead atoms. The summed E-state index contributed by atoms with van der Waals surface area (Å²) in [6.07, 6.45) is 0.384.